The summed E-state index contributed by atoms with van der Waals surface area (Å²) in [5.74, 6) is 0.0900. The first-order chi connectivity index (χ1) is 5.52. The molecule has 0 heterocycles. The first-order valence-electron chi connectivity index (χ1n) is 4.60. The Balaban J connectivity index is 2.26. The van der Waals surface area contributed by atoms with Gasteiger partial charge in [-0.05, 0) is 33.1 Å². The van der Waals surface area contributed by atoms with Crippen molar-refractivity contribution in [2.24, 2.45) is 5.73 Å². The molecule has 1 aliphatic rings. The van der Waals surface area contributed by atoms with Gasteiger partial charge in [0.1, 0.15) is 0 Å². The van der Waals surface area contributed by atoms with Crippen molar-refractivity contribution in [3.63, 3.8) is 0 Å². The molecule has 12 heavy (non-hydrogen) atoms. The van der Waals surface area contributed by atoms with Gasteiger partial charge in [-0.1, -0.05) is 0 Å². The molecule has 0 aromatic heterocycles. The van der Waals surface area contributed by atoms with Crippen molar-refractivity contribution in [2.45, 2.75) is 51.1 Å². The van der Waals surface area contributed by atoms with Crippen LogP contribution in [0, 0.1) is 0 Å². The van der Waals surface area contributed by atoms with Crippen molar-refractivity contribution >= 4 is 5.91 Å². The molecule has 0 bridgehead atoms. The molecule has 0 spiro atoms. The molecule has 3 N–H and O–H groups in total. The normalized spacial score (nSPS) is 20.3. The van der Waals surface area contributed by atoms with Gasteiger partial charge in [0.15, 0.2) is 0 Å². The molecular weight excluding hydrogens is 152 g/mol. The van der Waals surface area contributed by atoms with E-state index in [4.69, 9.17) is 5.73 Å². The van der Waals surface area contributed by atoms with Crippen LogP contribution in [0.15, 0.2) is 0 Å². The Hall–Kier alpha value is -0.570. The molecule has 0 aliphatic heterocycles. The van der Waals surface area contributed by atoms with Gasteiger partial charge in [-0.3, -0.25) is 4.79 Å². The first kappa shape index (κ1) is 9.52. The van der Waals surface area contributed by atoms with Crippen molar-refractivity contribution in [2.75, 3.05) is 0 Å². The van der Waals surface area contributed by atoms with Crippen LogP contribution in [0.5, 0.6) is 0 Å². The Morgan fingerprint density at radius 2 is 2.17 bits per heavy atom. The monoisotopic (exact) mass is 170 g/mol. The summed E-state index contributed by atoms with van der Waals surface area (Å²) < 4.78 is 0. The summed E-state index contributed by atoms with van der Waals surface area (Å²) in [4.78, 5) is 11.3. The summed E-state index contributed by atoms with van der Waals surface area (Å²) in [7, 11) is 0. The molecule has 1 rings (SSSR count). The molecule has 0 radical (unpaired) electrons. The largest absolute Gasteiger partial charge is 0.354 e. The fourth-order valence-corrected chi connectivity index (χ4v) is 1.50. The first-order valence-corrected chi connectivity index (χ1v) is 4.60. The van der Waals surface area contributed by atoms with Gasteiger partial charge in [-0.2, -0.15) is 0 Å². The van der Waals surface area contributed by atoms with Gasteiger partial charge in [0.25, 0.3) is 0 Å². The van der Waals surface area contributed by atoms with Gasteiger partial charge in [0, 0.05) is 18.0 Å². The minimum Gasteiger partial charge on any atom is -0.354 e. The number of nitrogens with two attached hydrogens (primary N) is 1. The molecule has 1 amide bonds. The van der Waals surface area contributed by atoms with E-state index in [1.807, 2.05) is 13.8 Å². The third-order valence-corrected chi connectivity index (χ3v) is 2.31. The zero-order valence-electron chi connectivity index (χ0n) is 7.89. The molecule has 0 saturated heterocycles. The minimum absolute atomic E-state index is 0.0900. The standard InChI is InChI=1S/C9H18N2O/c1-7(2)11-8(12)6-9(10)4-3-5-9/h7H,3-6,10H2,1-2H3,(H,11,12). The molecule has 70 valence electrons. The predicted octanol–water partition coefficient (Wildman–Crippen LogP) is 0.782. The second kappa shape index (κ2) is 3.44. The highest BCUT2D eigenvalue weighted by Gasteiger charge is 2.34. The van der Waals surface area contributed by atoms with E-state index in [2.05, 4.69) is 5.32 Å². The van der Waals surface area contributed by atoms with Crippen molar-refractivity contribution in [3.05, 3.63) is 0 Å². The van der Waals surface area contributed by atoms with Crippen LogP contribution in [-0.2, 0) is 4.79 Å². The number of carbonyl (C=O) groups excluding carboxylic acids is 1. The molecule has 3 nitrogen and oxygen atoms in total. The topological polar surface area (TPSA) is 55.1 Å². The van der Waals surface area contributed by atoms with Gasteiger partial charge in [-0.25, -0.2) is 0 Å². The number of nitrogens with one attached hydrogen (secondary N) is 1. The van der Waals surface area contributed by atoms with Crippen LogP contribution >= 0.6 is 0 Å². The molecule has 3 heteroatoms. The van der Waals surface area contributed by atoms with E-state index in [9.17, 15) is 4.79 Å². The maximum Gasteiger partial charge on any atom is 0.222 e. The highest BCUT2D eigenvalue weighted by molar-refractivity contribution is 5.77. The summed E-state index contributed by atoms with van der Waals surface area (Å²) in [5.41, 5.74) is 5.74. The van der Waals surface area contributed by atoms with Crippen LogP contribution in [0.4, 0.5) is 0 Å². The van der Waals surface area contributed by atoms with Gasteiger partial charge in [-0.15, -0.1) is 0 Å². The van der Waals surface area contributed by atoms with Crippen LogP contribution in [0.3, 0.4) is 0 Å². The van der Waals surface area contributed by atoms with E-state index in [1.165, 1.54) is 6.42 Å². The van der Waals surface area contributed by atoms with Crippen molar-refractivity contribution in [1.82, 2.24) is 5.32 Å². The average Bonchev–Trinajstić information content (AvgIpc) is 1.81. The van der Waals surface area contributed by atoms with E-state index in [-0.39, 0.29) is 17.5 Å². The van der Waals surface area contributed by atoms with E-state index in [0.29, 0.717) is 6.42 Å². The van der Waals surface area contributed by atoms with Gasteiger partial charge in [0.05, 0.1) is 0 Å². The summed E-state index contributed by atoms with van der Waals surface area (Å²) in [5, 5.41) is 2.85. The molecular formula is C9H18N2O. The third-order valence-electron chi connectivity index (χ3n) is 2.31. The van der Waals surface area contributed by atoms with Crippen LogP contribution in [-0.4, -0.2) is 17.5 Å². The lowest BCUT2D eigenvalue weighted by Gasteiger charge is -2.37. The van der Waals surface area contributed by atoms with E-state index < -0.39 is 0 Å². The molecule has 1 aliphatic carbocycles. The van der Waals surface area contributed by atoms with Gasteiger partial charge in [0.2, 0.25) is 5.91 Å². The SMILES string of the molecule is CC(C)NC(=O)CC1(N)CCC1. The van der Waals surface area contributed by atoms with Crippen LogP contribution in [0.2, 0.25) is 0 Å². The molecule has 1 fully saturated rings. The molecule has 1 saturated carbocycles. The van der Waals surface area contributed by atoms with Crippen LogP contribution in [0.1, 0.15) is 39.5 Å². The molecule has 0 aromatic rings. The Morgan fingerprint density at radius 3 is 2.50 bits per heavy atom. The molecule has 0 aromatic carbocycles. The lowest BCUT2D eigenvalue weighted by molar-refractivity contribution is -0.123. The highest BCUT2D eigenvalue weighted by atomic mass is 16.1. The molecule has 0 unspecified atom stereocenters. The second-order valence-electron chi connectivity index (χ2n) is 4.11. The van der Waals surface area contributed by atoms with E-state index in [1.54, 1.807) is 0 Å². The van der Waals surface area contributed by atoms with E-state index in [0.717, 1.165) is 12.8 Å². The Morgan fingerprint density at radius 1 is 1.58 bits per heavy atom. The Kier molecular flexibility index (Phi) is 2.73. The lowest BCUT2D eigenvalue weighted by atomic mass is 9.75. The smallest absolute Gasteiger partial charge is 0.222 e. The number of rotatable bonds is 3. The lowest BCUT2D eigenvalue weighted by Crippen LogP contribution is -2.50. The number of hydrogen-bond donors (Lipinski definition) is 2. The maximum absolute atomic E-state index is 11.3. The number of carbonyl (C=O) groups is 1. The average molecular weight is 170 g/mol. The van der Waals surface area contributed by atoms with E-state index >= 15 is 0 Å². The van der Waals surface area contributed by atoms with Crippen molar-refractivity contribution in [1.29, 1.82) is 0 Å². The van der Waals surface area contributed by atoms with Gasteiger partial charge < -0.3 is 11.1 Å². The second-order valence-corrected chi connectivity index (χ2v) is 4.11. The quantitative estimate of drug-likeness (QED) is 0.657. The van der Waals surface area contributed by atoms with Crippen molar-refractivity contribution < 1.29 is 4.79 Å². The van der Waals surface area contributed by atoms with Gasteiger partial charge >= 0.3 is 0 Å². The van der Waals surface area contributed by atoms with Crippen molar-refractivity contribution in [3.8, 4) is 0 Å². The van der Waals surface area contributed by atoms with Crippen LogP contribution in [0.25, 0.3) is 0 Å². The molecule has 0 atom stereocenters. The third kappa shape index (κ3) is 2.48. The highest BCUT2D eigenvalue weighted by Crippen LogP contribution is 2.31. The maximum atomic E-state index is 11.3. The zero-order chi connectivity index (χ0) is 9.19. The van der Waals surface area contributed by atoms with Crippen LogP contribution < -0.4 is 11.1 Å². The summed E-state index contributed by atoms with van der Waals surface area (Å²) in [6.07, 6.45) is 3.66. The minimum atomic E-state index is -0.182. The Bertz CT molecular complexity index is 173. The predicted molar refractivity (Wildman–Crippen MR) is 48.7 cm³/mol. The summed E-state index contributed by atoms with van der Waals surface area (Å²) in [6, 6.07) is 0.223. The summed E-state index contributed by atoms with van der Waals surface area (Å²) in [6.45, 7) is 3.92. The fourth-order valence-electron chi connectivity index (χ4n) is 1.50. The number of hydrogen-bond acceptors (Lipinski definition) is 2. The number of amides is 1. The summed E-state index contributed by atoms with van der Waals surface area (Å²) >= 11 is 0. The Labute approximate surface area is 73.7 Å². The fraction of sp³-hybridized carbons (Fsp3) is 0.889. The zero-order valence-corrected chi connectivity index (χ0v) is 7.89.